The van der Waals surface area contributed by atoms with Gasteiger partial charge in [0.1, 0.15) is 5.54 Å². The zero-order valence-corrected chi connectivity index (χ0v) is 13.3. The van der Waals surface area contributed by atoms with Crippen LogP contribution in [0.15, 0.2) is 0 Å². The summed E-state index contributed by atoms with van der Waals surface area (Å²) >= 11 is 0. The van der Waals surface area contributed by atoms with Crippen LogP contribution in [0.25, 0.3) is 0 Å². The molecule has 5 nitrogen and oxygen atoms in total. The Balaban J connectivity index is 2.03. The first-order valence-corrected chi connectivity index (χ1v) is 8.26. The van der Waals surface area contributed by atoms with Gasteiger partial charge in [-0.1, -0.05) is 20.3 Å². The van der Waals surface area contributed by atoms with Crippen LogP contribution >= 0.6 is 0 Å². The molecule has 0 aromatic carbocycles. The quantitative estimate of drug-likeness (QED) is 0.842. The predicted molar refractivity (Wildman–Crippen MR) is 81.1 cm³/mol. The fraction of sp³-hybridized carbons (Fsp3) is 0.875. The Morgan fingerprint density at radius 2 is 2.05 bits per heavy atom. The summed E-state index contributed by atoms with van der Waals surface area (Å²) in [6.45, 7) is 6.81. The molecule has 0 bridgehead atoms. The number of carboxylic acids is 1. The number of carbonyl (C=O) groups is 2. The van der Waals surface area contributed by atoms with Crippen molar-refractivity contribution in [3.63, 3.8) is 0 Å². The lowest BCUT2D eigenvalue weighted by Crippen LogP contribution is -2.54. The standard InChI is InChI=1S/C16H28N2O3/c1-3-7-16(15(20)21)8-5-10-18(16)12-14(19)17-9-4-6-13(2)11-17/h13H,3-12H2,1-2H3,(H,20,21). The van der Waals surface area contributed by atoms with Crippen LogP contribution in [-0.4, -0.2) is 58.5 Å². The molecule has 120 valence electrons. The molecule has 2 heterocycles. The summed E-state index contributed by atoms with van der Waals surface area (Å²) in [7, 11) is 0. The van der Waals surface area contributed by atoms with E-state index in [-0.39, 0.29) is 12.5 Å². The number of likely N-dealkylation sites (tertiary alicyclic amines) is 2. The topological polar surface area (TPSA) is 60.9 Å². The van der Waals surface area contributed by atoms with Gasteiger partial charge in [0, 0.05) is 13.1 Å². The van der Waals surface area contributed by atoms with E-state index < -0.39 is 11.5 Å². The van der Waals surface area contributed by atoms with Gasteiger partial charge in [0.05, 0.1) is 6.54 Å². The number of piperidine rings is 1. The molecule has 0 aromatic heterocycles. The summed E-state index contributed by atoms with van der Waals surface area (Å²) in [5, 5.41) is 9.66. The first-order valence-electron chi connectivity index (χ1n) is 8.26. The summed E-state index contributed by atoms with van der Waals surface area (Å²) in [5.41, 5.74) is -0.814. The molecule has 2 saturated heterocycles. The molecule has 0 aliphatic carbocycles. The largest absolute Gasteiger partial charge is 0.480 e. The SMILES string of the molecule is CCCC1(C(=O)O)CCCN1CC(=O)N1CCCC(C)C1. The van der Waals surface area contributed by atoms with Gasteiger partial charge in [-0.05, 0) is 44.6 Å². The molecule has 2 fully saturated rings. The molecule has 0 saturated carbocycles. The van der Waals surface area contributed by atoms with Crippen LogP contribution < -0.4 is 0 Å². The number of hydrogen-bond donors (Lipinski definition) is 1. The minimum Gasteiger partial charge on any atom is -0.480 e. The molecule has 2 rings (SSSR count). The molecule has 2 aliphatic rings. The fourth-order valence-corrected chi connectivity index (χ4v) is 3.89. The highest BCUT2D eigenvalue weighted by Gasteiger charge is 2.47. The van der Waals surface area contributed by atoms with Crippen molar-refractivity contribution in [2.24, 2.45) is 5.92 Å². The van der Waals surface area contributed by atoms with E-state index in [1.54, 1.807) is 0 Å². The second-order valence-corrected chi connectivity index (χ2v) is 6.70. The minimum atomic E-state index is -0.814. The number of carbonyl (C=O) groups excluding carboxylic acids is 1. The van der Waals surface area contributed by atoms with E-state index in [2.05, 4.69) is 6.92 Å². The summed E-state index contributed by atoms with van der Waals surface area (Å²) in [4.78, 5) is 28.1. The van der Waals surface area contributed by atoms with Gasteiger partial charge in [-0.15, -0.1) is 0 Å². The third-order valence-electron chi connectivity index (χ3n) is 5.02. The molecule has 21 heavy (non-hydrogen) atoms. The summed E-state index contributed by atoms with van der Waals surface area (Å²) in [5.74, 6) is -0.104. The summed E-state index contributed by atoms with van der Waals surface area (Å²) in [6.07, 6.45) is 5.24. The Labute approximate surface area is 127 Å². The molecule has 2 atom stereocenters. The maximum atomic E-state index is 12.5. The minimum absolute atomic E-state index is 0.102. The van der Waals surface area contributed by atoms with Crippen molar-refractivity contribution in [1.82, 2.24) is 9.80 Å². The van der Waals surface area contributed by atoms with Gasteiger partial charge >= 0.3 is 5.97 Å². The van der Waals surface area contributed by atoms with Crippen molar-refractivity contribution < 1.29 is 14.7 Å². The normalized spacial score (nSPS) is 30.6. The van der Waals surface area contributed by atoms with Gasteiger partial charge in [-0.3, -0.25) is 14.5 Å². The molecule has 1 amide bonds. The van der Waals surface area contributed by atoms with E-state index in [9.17, 15) is 14.7 Å². The van der Waals surface area contributed by atoms with E-state index in [1.807, 2.05) is 16.7 Å². The van der Waals surface area contributed by atoms with Gasteiger partial charge in [0.15, 0.2) is 0 Å². The van der Waals surface area contributed by atoms with Gasteiger partial charge in [-0.25, -0.2) is 0 Å². The van der Waals surface area contributed by atoms with E-state index >= 15 is 0 Å². The van der Waals surface area contributed by atoms with Crippen molar-refractivity contribution >= 4 is 11.9 Å². The van der Waals surface area contributed by atoms with Crippen LogP contribution in [-0.2, 0) is 9.59 Å². The monoisotopic (exact) mass is 296 g/mol. The summed E-state index contributed by atoms with van der Waals surface area (Å²) in [6, 6.07) is 0. The lowest BCUT2D eigenvalue weighted by Gasteiger charge is -2.37. The van der Waals surface area contributed by atoms with Crippen LogP contribution in [0, 0.1) is 5.92 Å². The van der Waals surface area contributed by atoms with Crippen LogP contribution in [0.3, 0.4) is 0 Å². The first kappa shape index (κ1) is 16.3. The Morgan fingerprint density at radius 1 is 1.29 bits per heavy atom. The molecule has 0 radical (unpaired) electrons. The van der Waals surface area contributed by atoms with Crippen molar-refractivity contribution in [3.8, 4) is 0 Å². The zero-order chi connectivity index (χ0) is 15.5. The Bertz CT molecular complexity index is 399. The Morgan fingerprint density at radius 3 is 2.67 bits per heavy atom. The molecule has 1 N–H and O–H groups in total. The fourth-order valence-electron chi connectivity index (χ4n) is 3.89. The van der Waals surface area contributed by atoms with Gasteiger partial charge < -0.3 is 10.0 Å². The van der Waals surface area contributed by atoms with Crippen LogP contribution in [0.2, 0.25) is 0 Å². The second kappa shape index (κ2) is 6.77. The van der Waals surface area contributed by atoms with Gasteiger partial charge in [0.25, 0.3) is 0 Å². The highest BCUT2D eigenvalue weighted by molar-refractivity contribution is 5.82. The number of rotatable bonds is 5. The van der Waals surface area contributed by atoms with E-state index in [4.69, 9.17) is 0 Å². The van der Waals surface area contributed by atoms with Crippen LogP contribution in [0.4, 0.5) is 0 Å². The lowest BCUT2D eigenvalue weighted by atomic mass is 9.90. The van der Waals surface area contributed by atoms with Crippen molar-refractivity contribution in [3.05, 3.63) is 0 Å². The molecule has 2 unspecified atom stereocenters. The average molecular weight is 296 g/mol. The lowest BCUT2D eigenvalue weighted by molar-refractivity contribution is -0.152. The third kappa shape index (κ3) is 3.39. The van der Waals surface area contributed by atoms with Crippen LogP contribution in [0.1, 0.15) is 52.4 Å². The number of amides is 1. The molecular weight excluding hydrogens is 268 g/mol. The smallest absolute Gasteiger partial charge is 0.324 e. The maximum Gasteiger partial charge on any atom is 0.324 e. The number of carboxylic acid groups (broad SMARTS) is 1. The van der Waals surface area contributed by atoms with Crippen LogP contribution in [0.5, 0.6) is 0 Å². The molecule has 2 aliphatic heterocycles. The third-order valence-corrected chi connectivity index (χ3v) is 5.02. The maximum absolute atomic E-state index is 12.5. The van der Waals surface area contributed by atoms with Crippen molar-refractivity contribution in [1.29, 1.82) is 0 Å². The Kier molecular flexibility index (Phi) is 5.25. The molecule has 0 spiro atoms. The van der Waals surface area contributed by atoms with E-state index in [0.717, 1.165) is 38.9 Å². The second-order valence-electron chi connectivity index (χ2n) is 6.70. The molecular formula is C16H28N2O3. The summed E-state index contributed by atoms with van der Waals surface area (Å²) < 4.78 is 0. The van der Waals surface area contributed by atoms with Gasteiger partial charge in [-0.2, -0.15) is 0 Å². The highest BCUT2D eigenvalue weighted by Crippen LogP contribution is 2.34. The van der Waals surface area contributed by atoms with E-state index in [1.165, 1.54) is 6.42 Å². The zero-order valence-electron chi connectivity index (χ0n) is 13.3. The molecule has 5 heteroatoms. The molecule has 0 aromatic rings. The predicted octanol–water partition coefficient (Wildman–Crippen LogP) is 1.96. The van der Waals surface area contributed by atoms with Crippen molar-refractivity contribution in [2.75, 3.05) is 26.2 Å². The van der Waals surface area contributed by atoms with Crippen molar-refractivity contribution in [2.45, 2.75) is 57.9 Å². The number of hydrogen-bond acceptors (Lipinski definition) is 3. The van der Waals surface area contributed by atoms with E-state index in [0.29, 0.717) is 18.8 Å². The number of aliphatic carboxylic acids is 1. The van der Waals surface area contributed by atoms with Gasteiger partial charge in [0.2, 0.25) is 5.91 Å². The first-order chi connectivity index (χ1) is 9.99. The average Bonchev–Trinajstić information content (AvgIpc) is 2.83. The highest BCUT2D eigenvalue weighted by atomic mass is 16.4. The number of nitrogens with zero attached hydrogens (tertiary/aromatic N) is 2. The Hall–Kier alpha value is -1.10.